The Labute approximate surface area is 168 Å². The number of anilines is 1. The van der Waals surface area contributed by atoms with Crippen LogP contribution in [0.5, 0.6) is 0 Å². The first kappa shape index (κ1) is 20.7. The molecule has 2 aromatic carbocycles. The van der Waals surface area contributed by atoms with Crippen molar-refractivity contribution in [3.63, 3.8) is 0 Å². The van der Waals surface area contributed by atoms with Gasteiger partial charge in [0.1, 0.15) is 5.82 Å². The van der Waals surface area contributed by atoms with Crippen molar-refractivity contribution >= 4 is 33.2 Å². The molecule has 0 aliphatic carbocycles. The van der Waals surface area contributed by atoms with E-state index in [0.29, 0.717) is 23.8 Å². The van der Waals surface area contributed by atoms with Gasteiger partial charge in [-0.05, 0) is 55.5 Å². The molecule has 1 aliphatic heterocycles. The third kappa shape index (κ3) is 4.70. The van der Waals surface area contributed by atoms with Gasteiger partial charge in [-0.2, -0.15) is 4.31 Å². The second-order valence-corrected chi connectivity index (χ2v) is 8.94. The van der Waals surface area contributed by atoms with E-state index in [2.05, 4.69) is 5.32 Å². The summed E-state index contributed by atoms with van der Waals surface area (Å²) in [6.07, 6.45) is 0. The first-order valence-electron chi connectivity index (χ1n) is 8.83. The van der Waals surface area contributed by atoms with Crippen molar-refractivity contribution < 1.29 is 17.6 Å². The molecule has 1 saturated heterocycles. The molecule has 28 heavy (non-hydrogen) atoms. The molecule has 1 N–H and O–H groups in total. The van der Waals surface area contributed by atoms with Crippen LogP contribution in [0.4, 0.5) is 10.1 Å². The van der Waals surface area contributed by atoms with Gasteiger partial charge in [-0.3, -0.25) is 9.69 Å². The van der Waals surface area contributed by atoms with Crippen LogP contribution in [-0.4, -0.2) is 55.8 Å². The van der Waals surface area contributed by atoms with Gasteiger partial charge in [0.2, 0.25) is 15.9 Å². The molecule has 2 aromatic rings. The summed E-state index contributed by atoms with van der Waals surface area (Å²) < 4.78 is 39.8. The quantitative estimate of drug-likeness (QED) is 0.799. The molecule has 0 spiro atoms. The van der Waals surface area contributed by atoms with E-state index in [1.54, 1.807) is 31.2 Å². The van der Waals surface area contributed by atoms with Gasteiger partial charge in [0, 0.05) is 36.9 Å². The molecule has 1 atom stereocenters. The van der Waals surface area contributed by atoms with Gasteiger partial charge in [-0.25, -0.2) is 12.8 Å². The minimum absolute atomic E-state index is 0.0656. The molecule has 1 heterocycles. The standard InChI is InChI=1S/C19H21ClFN3O3S/c1-14(19(25)22-17-6-2-15(20)3-7-17)23-10-12-24(13-11-23)28(26,27)18-8-4-16(21)5-9-18/h2-9,14H,10-13H2,1H3,(H,22,25). The molecular weight excluding hydrogens is 405 g/mol. The van der Waals surface area contributed by atoms with Gasteiger partial charge < -0.3 is 5.32 Å². The lowest BCUT2D eigenvalue weighted by atomic mass is 10.2. The maximum Gasteiger partial charge on any atom is 0.243 e. The summed E-state index contributed by atoms with van der Waals surface area (Å²) in [4.78, 5) is 14.5. The van der Waals surface area contributed by atoms with Crippen LogP contribution in [0.3, 0.4) is 0 Å². The molecule has 1 amide bonds. The minimum Gasteiger partial charge on any atom is -0.325 e. The van der Waals surface area contributed by atoms with E-state index in [1.165, 1.54) is 16.4 Å². The molecule has 9 heteroatoms. The lowest BCUT2D eigenvalue weighted by Crippen LogP contribution is -2.53. The van der Waals surface area contributed by atoms with Crippen LogP contribution in [0, 0.1) is 5.82 Å². The second-order valence-electron chi connectivity index (χ2n) is 6.57. The highest BCUT2D eigenvalue weighted by Gasteiger charge is 2.31. The van der Waals surface area contributed by atoms with Crippen LogP contribution >= 0.6 is 11.6 Å². The summed E-state index contributed by atoms with van der Waals surface area (Å²) in [5.41, 5.74) is 0.652. The number of benzene rings is 2. The Balaban J connectivity index is 1.58. The molecule has 1 fully saturated rings. The molecule has 0 bridgehead atoms. The number of nitrogens with zero attached hydrogens (tertiary/aromatic N) is 2. The SMILES string of the molecule is CC(C(=O)Nc1ccc(Cl)cc1)N1CCN(S(=O)(=O)c2ccc(F)cc2)CC1. The number of rotatable bonds is 5. The second kappa shape index (κ2) is 8.57. The first-order valence-corrected chi connectivity index (χ1v) is 10.7. The zero-order valence-corrected chi connectivity index (χ0v) is 16.9. The average Bonchev–Trinajstić information content (AvgIpc) is 2.69. The number of halogens is 2. The zero-order chi connectivity index (χ0) is 20.3. The summed E-state index contributed by atoms with van der Waals surface area (Å²) in [6.45, 7) is 3.16. The maximum absolute atomic E-state index is 13.0. The molecule has 1 aliphatic rings. The lowest BCUT2D eigenvalue weighted by Gasteiger charge is -2.36. The molecular formula is C19H21ClFN3O3S. The number of hydrogen-bond donors (Lipinski definition) is 1. The summed E-state index contributed by atoms with van der Waals surface area (Å²) in [6, 6.07) is 11.2. The Bertz CT molecular complexity index is 928. The topological polar surface area (TPSA) is 69.7 Å². The first-order chi connectivity index (χ1) is 13.3. The number of sulfonamides is 1. The Morgan fingerprint density at radius 2 is 1.61 bits per heavy atom. The van der Waals surface area contributed by atoms with E-state index >= 15 is 0 Å². The number of piperazine rings is 1. The Morgan fingerprint density at radius 1 is 1.04 bits per heavy atom. The van der Waals surface area contributed by atoms with Crippen molar-refractivity contribution in [2.75, 3.05) is 31.5 Å². The van der Waals surface area contributed by atoms with Gasteiger partial charge in [0.05, 0.1) is 10.9 Å². The fraction of sp³-hybridized carbons (Fsp3) is 0.316. The summed E-state index contributed by atoms with van der Waals surface area (Å²) in [5.74, 6) is -0.651. The molecule has 6 nitrogen and oxygen atoms in total. The predicted molar refractivity (Wildman–Crippen MR) is 106 cm³/mol. The molecule has 3 rings (SSSR count). The van der Waals surface area contributed by atoms with Gasteiger partial charge in [0.15, 0.2) is 0 Å². The molecule has 1 unspecified atom stereocenters. The van der Waals surface area contributed by atoms with Crippen molar-refractivity contribution in [3.05, 3.63) is 59.4 Å². The van der Waals surface area contributed by atoms with Gasteiger partial charge >= 0.3 is 0 Å². The number of carbonyl (C=O) groups excluding carboxylic acids is 1. The minimum atomic E-state index is -3.67. The summed E-state index contributed by atoms with van der Waals surface area (Å²) in [7, 11) is -3.67. The smallest absolute Gasteiger partial charge is 0.243 e. The van der Waals surface area contributed by atoms with Crippen LogP contribution in [0.15, 0.2) is 53.4 Å². The maximum atomic E-state index is 13.0. The van der Waals surface area contributed by atoms with Gasteiger partial charge in [-0.15, -0.1) is 0 Å². The van der Waals surface area contributed by atoms with Crippen LogP contribution in [0.25, 0.3) is 0 Å². The fourth-order valence-electron chi connectivity index (χ4n) is 3.03. The number of carbonyl (C=O) groups is 1. The van der Waals surface area contributed by atoms with Crippen LogP contribution in [-0.2, 0) is 14.8 Å². The monoisotopic (exact) mass is 425 g/mol. The van der Waals surface area contributed by atoms with E-state index in [1.807, 2.05) is 4.90 Å². The number of nitrogens with one attached hydrogen (secondary N) is 1. The molecule has 0 saturated carbocycles. The predicted octanol–water partition coefficient (Wildman–Crippen LogP) is 2.81. The van der Waals surface area contributed by atoms with Crippen LogP contribution < -0.4 is 5.32 Å². The van der Waals surface area contributed by atoms with E-state index < -0.39 is 21.9 Å². The van der Waals surface area contributed by atoms with E-state index in [4.69, 9.17) is 11.6 Å². The van der Waals surface area contributed by atoms with Crippen molar-refractivity contribution in [2.24, 2.45) is 0 Å². The largest absolute Gasteiger partial charge is 0.325 e. The Hall–Kier alpha value is -2.00. The highest BCUT2D eigenvalue weighted by molar-refractivity contribution is 7.89. The number of amides is 1. The normalized spacial score (nSPS) is 17.2. The third-order valence-corrected chi connectivity index (χ3v) is 6.93. The van der Waals surface area contributed by atoms with E-state index in [-0.39, 0.29) is 23.9 Å². The Morgan fingerprint density at radius 3 is 2.18 bits per heavy atom. The van der Waals surface area contributed by atoms with Crippen molar-refractivity contribution in [1.82, 2.24) is 9.21 Å². The lowest BCUT2D eigenvalue weighted by molar-refractivity contribution is -0.121. The Kier molecular flexibility index (Phi) is 6.34. The van der Waals surface area contributed by atoms with E-state index in [9.17, 15) is 17.6 Å². The number of hydrogen-bond acceptors (Lipinski definition) is 4. The highest BCUT2D eigenvalue weighted by Crippen LogP contribution is 2.19. The summed E-state index contributed by atoms with van der Waals surface area (Å²) in [5, 5.41) is 3.42. The van der Waals surface area contributed by atoms with Crippen LogP contribution in [0.2, 0.25) is 5.02 Å². The van der Waals surface area contributed by atoms with E-state index in [0.717, 1.165) is 12.1 Å². The third-order valence-electron chi connectivity index (χ3n) is 4.76. The van der Waals surface area contributed by atoms with Gasteiger partial charge in [-0.1, -0.05) is 11.6 Å². The van der Waals surface area contributed by atoms with Crippen LogP contribution in [0.1, 0.15) is 6.92 Å². The van der Waals surface area contributed by atoms with Crippen molar-refractivity contribution in [3.8, 4) is 0 Å². The molecule has 0 aromatic heterocycles. The fourth-order valence-corrected chi connectivity index (χ4v) is 4.58. The van der Waals surface area contributed by atoms with Crippen molar-refractivity contribution in [2.45, 2.75) is 17.9 Å². The highest BCUT2D eigenvalue weighted by atomic mass is 35.5. The molecule has 0 radical (unpaired) electrons. The zero-order valence-electron chi connectivity index (χ0n) is 15.3. The summed E-state index contributed by atoms with van der Waals surface area (Å²) >= 11 is 5.84. The van der Waals surface area contributed by atoms with Gasteiger partial charge in [0.25, 0.3) is 0 Å². The average molecular weight is 426 g/mol. The van der Waals surface area contributed by atoms with Crippen molar-refractivity contribution in [1.29, 1.82) is 0 Å². The molecule has 150 valence electrons.